The number of ketones is 1. The SMILES string of the molecule is CSc1sc(Cl)c2c1C(=O)C(F)(F)C2. The van der Waals surface area contributed by atoms with Gasteiger partial charge < -0.3 is 0 Å². The van der Waals surface area contributed by atoms with Gasteiger partial charge in [-0.25, -0.2) is 0 Å². The summed E-state index contributed by atoms with van der Waals surface area (Å²) >= 11 is 8.26. The number of halogens is 3. The van der Waals surface area contributed by atoms with Crippen molar-refractivity contribution in [2.24, 2.45) is 0 Å². The van der Waals surface area contributed by atoms with Crippen LogP contribution in [0.4, 0.5) is 8.78 Å². The van der Waals surface area contributed by atoms with Gasteiger partial charge in [-0.15, -0.1) is 23.1 Å². The van der Waals surface area contributed by atoms with Crippen molar-refractivity contribution in [2.45, 2.75) is 16.6 Å². The fourth-order valence-electron chi connectivity index (χ4n) is 1.43. The zero-order valence-electron chi connectivity index (χ0n) is 7.07. The lowest BCUT2D eigenvalue weighted by Gasteiger charge is -2.05. The van der Waals surface area contributed by atoms with Crippen molar-refractivity contribution >= 4 is 40.5 Å². The first-order chi connectivity index (χ1) is 6.47. The lowest BCUT2D eigenvalue weighted by atomic mass is 10.2. The maximum atomic E-state index is 13.0. The molecule has 14 heavy (non-hydrogen) atoms. The van der Waals surface area contributed by atoms with Crippen LogP contribution in [0.25, 0.3) is 0 Å². The van der Waals surface area contributed by atoms with E-state index in [1.165, 1.54) is 23.1 Å². The summed E-state index contributed by atoms with van der Waals surface area (Å²) in [6.45, 7) is 0. The Bertz CT molecular complexity index is 414. The summed E-state index contributed by atoms with van der Waals surface area (Å²) in [6, 6.07) is 0. The molecule has 0 spiro atoms. The summed E-state index contributed by atoms with van der Waals surface area (Å²) in [6.07, 6.45) is 1.20. The molecule has 0 saturated carbocycles. The average Bonchev–Trinajstić information content (AvgIpc) is 2.52. The first-order valence-electron chi connectivity index (χ1n) is 3.75. The van der Waals surface area contributed by atoms with E-state index < -0.39 is 18.1 Å². The van der Waals surface area contributed by atoms with Crippen LogP contribution < -0.4 is 0 Å². The number of fused-ring (bicyclic) bond motifs is 1. The zero-order valence-corrected chi connectivity index (χ0v) is 9.45. The fraction of sp³-hybridized carbons (Fsp3) is 0.375. The maximum Gasteiger partial charge on any atom is 0.313 e. The predicted octanol–water partition coefficient (Wildman–Crippen LogP) is 3.50. The quantitative estimate of drug-likeness (QED) is 0.714. The smallest absolute Gasteiger partial charge is 0.287 e. The summed E-state index contributed by atoms with van der Waals surface area (Å²) in [5.41, 5.74) is 0.452. The van der Waals surface area contributed by atoms with E-state index in [0.29, 0.717) is 14.1 Å². The first kappa shape index (κ1) is 10.4. The molecule has 1 aliphatic rings. The summed E-state index contributed by atoms with van der Waals surface area (Å²) in [5, 5.41) is 0. The Balaban J connectivity index is 2.61. The second-order valence-electron chi connectivity index (χ2n) is 2.93. The molecular weight excluding hydrogens is 250 g/mol. The van der Waals surface area contributed by atoms with Crippen molar-refractivity contribution in [2.75, 3.05) is 6.26 Å². The van der Waals surface area contributed by atoms with E-state index in [9.17, 15) is 13.6 Å². The van der Waals surface area contributed by atoms with Crippen molar-refractivity contribution in [1.29, 1.82) is 0 Å². The van der Waals surface area contributed by atoms with Crippen LogP contribution in [0, 0.1) is 0 Å². The molecule has 76 valence electrons. The number of carbonyl (C=O) groups excluding carboxylic acids is 1. The minimum absolute atomic E-state index is 0.137. The van der Waals surface area contributed by atoms with Crippen molar-refractivity contribution in [3.05, 3.63) is 15.5 Å². The van der Waals surface area contributed by atoms with Gasteiger partial charge >= 0.3 is 5.92 Å². The van der Waals surface area contributed by atoms with Crippen LogP contribution in [0.5, 0.6) is 0 Å². The van der Waals surface area contributed by atoms with Gasteiger partial charge in [0.05, 0.1) is 14.1 Å². The molecule has 0 bridgehead atoms. The number of hydrogen-bond donors (Lipinski definition) is 0. The van der Waals surface area contributed by atoms with Crippen LogP contribution in [0.1, 0.15) is 15.9 Å². The molecule has 0 atom stereocenters. The minimum atomic E-state index is -3.26. The van der Waals surface area contributed by atoms with Gasteiger partial charge in [0, 0.05) is 12.0 Å². The topological polar surface area (TPSA) is 17.1 Å². The molecule has 1 nitrogen and oxygen atoms in total. The number of rotatable bonds is 1. The van der Waals surface area contributed by atoms with E-state index in [1.807, 2.05) is 0 Å². The number of thioether (sulfide) groups is 1. The molecule has 0 N–H and O–H groups in total. The molecule has 0 radical (unpaired) electrons. The number of carbonyl (C=O) groups is 1. The van der Waals surface area contributed by atoms with Gasteiger partial charge in [0.25, 0.3) is 0 Å². The van der Waals surface area contributed by atoms with Gasteiger partial charge in [0.15, 0.2) is 0 Å². The summed E-state index contributed by atoms with van der Waals surface area (Å²) < 4.78 is 27.0. The molecule has 0 amide bonds. The normalized spacial score (nSPS) is 18.7. The van der Waals surface area contributed by atoms with Crippen LogP contribution >= 0.6 is 34.7 Å². The largest absolute Gasteiger partial charge is 0.313 e. The Morgan fingerprint density at radius 3 is 2.79 bits per heavy atom. The monoisotopic (exact) mass is 254 g/mol. The molecule has 1 aliphatic carbocycles. The highest BCUT2D eigenvalue weighted by atomic mass is 35.5. The van der Waals surface area contributed by atoms with Gasteiger partial charge in [0.2, 0.25) is 5.78 Å². The summed E-state index contributed by atoms with van der Waals surface area (Å²) in [7, 11) is 0. The lowest BCUT2D eigenvalue weighted by molar-refractivity contribution is 0.0166. The Morgan fingerprint density at radius 1 is 1.57 bits per heavy atom. The van der Waals surface area contributed by atoms with E-state index in [1.54, 1.807) is 6.26 Å². The number of hydrogen-bond acceptors (Lipinski definition) is 3. The fourth-order valence-corrected chi connectivity index (χ4v) is 3.74. The molecular formula is C8H5ClF2OS2. The van der Waals surface area contributed by atoms with Gasteiger partial charge in [0.1, 0.15) is 0 Å². The lowest BCUT2D eigenvalue weighted by Crippen LogP contribution is -2.24. The molecule has 0 aromatic carbocycles. The highest BCUT2D eigenvalue weighted by molar-refractivity contribution is 8.00. The third kappa shape index (κ3) is 1.30. The van der Waals surface area contributed by atoms with E-state index in [0.717, 1.165) is 0 Å². The Hall–Kier alpha value is -0.130. The minimum Gasteiger partial charge on any atom is -0.287 e. The van der Waals surface area contributed by atoms with Crippen LogP contribution in [0.3, 0.4) is 0 Å². The molecule has 1 aromatic heterocycles. The highest BCUT2D eigenvalue weighted by Gasteiger charge is 2.49. The van der Waals surface area contributed by atoms with Crippen molar-refractivity contribution < 1.29 is 13.6 Å². The van der Waals surface area contributed by atoms with E-state index in [4.69, 9.17) is 11.6 Å². The van der Waals surface area contributed by atoms with Crippen LogP contribution in [0.2, 0.25) is 4.34 Å². The van der Waals surface area contributed by atoms with Gasteiger partial charge in [-0.1, -0.05) is 11.6 Å². The van der Waals surface area contributed by atoms with Crippen LogP contribution in [-0.2, 0) is 6.42 Å². The van der Waals surface area contributed by atoms with E-state index in [2.05, 4.69) is 0 Å². The van der Waals surface area contributed by atoms with E-state index in [-0.39, 0.29) is 5.56 Å². The Morgan fingerprint density at radius 2 is 2.21 bits per heavy atom. The standard InChI is InChI=1S/C8H5ClF2OS2/c1-13-7-4-3(6(9)14-7)2-8(10,11)5(4)12/h2H2,1H3. The molecule has 1 aromatic rings. The molecule has 0 aliphatic heterocycles. The summed E-state index contributed by atoms with van der Waals surface area (Å²) in [5.74, 6) is -4.34. The summed E-state index contributed by atoms with van der Waals surface area (Å²) in [4.78, 5) is 11.3. The van der Waals surface area contributed by atoms with Crippen molar-refractivity contribution in [1.82, 2.24) is 0 Å². The predicted molar refractivity (Wildman–Crippen MR) is 54.1 cm³/mol. The van der Waals surface area contributed by atoms with Gasteiger partial charge in [-0.3, -0.25) is 4.79 Å². The van der Waals surface area contributed by atoms with E-state index >= 15 is 0 Å². The third-order valence-electron chi connectivity index (χ3n) is 2.07. The Labute approximate surface area is 92.4 Å². The van der Waals surface area contributed by atoms with Crippen LogP contribution in [0.15, 0.2) is 4.21 Å². The second kappa shape index (κ2) is 3.18. The zero-order chi connectivity index (χ0) is 10.5. The number of Topliss-reactive ketones (excluding diaryl/α,β-unsaturated/α-hetero) is 1. The van der Waals surface area contributed by atoms with Gasteiger partial charge in [-0.2, -0.15) is 8.78 Å². The molecule has 0 unspecified atom stereocenters. The van der Waals surface area contributed by atoms with Gasteiger partial charge in [-0.05, 0) is 6.26 Å². The highest BCUT2D eigenvalue weighted by Crippen LogP contribution is 2.47. The molecule has 2 rings (SSSR count). The molecule has 1 heterocycles. The molecule has 0 saturated heterocycles. The number of thiophene rings is 1. The number of alkyl halides is 2. The average molecular weight is 255 g/mol. The second-order valence-corrected chi connectivity index (χ2v) is 5.63. The van der Waals surface area contributed by atoms with Crippen molar-refractivity contribution in [3.8, 4) is 0 Å². The van der Waals surface area contributed by atoms with Crippen LogP contribution in [-0.4, -0.2) is 18.0 Å². The molecule has 6 heteroatoms. The molecule has 0 fully saturated rings. The maximum absolute atomic E-state index is 13.0. The first-order valence-corrected chi connectivity index (χ1v) is 6.17. The third-order valence-corrected chi connectivity index (χ3v) is 4.67. The van der Waals surface area contributed by atoms with Crippen molar-refractivity contribution in [3.63, 3.8) is 0 Å². The Kier molecular flexibility index (Phi) is 2.36.